The second-order valence-electron chi connectivity index (χ2n) is 5.24. The maximum Gasteiger partial charge on any atom is 0.338 e. The van der Waals surface area contributed by atoms with Crippen molar-refractivity contribution in [2.45, 2.75) is 13.3 Å². The summed E-state index contributed by atoms with van der Waals surface area (Å²) in [7, 11) is 0. The lowest BCUT2D eigenvalue weighted by Crippen LogP contribution is -2.12. The maximum absolute atomic E-state index is 12.4. The predicted molar refractivity (Wildman–Crippen MR) is 98.5 cm³/mol. The molecular formula is C20H19NO5. The minimum atomic E-state index is -0.492. The number of carbonyl (C=O) groups excluding carboxylic acids is 1. The highest BCUT2D eigenvalue weighted by atomic mass is 16.6. The topological polar surface area (TPSA) is 78.7 Å². The van der Waals surface area contributed by atoms with Gasteiger partial charge in [0, 0.05) is 24.1 Å². The first-order valence-electron chi connectivity index (χ1n) is 8.05. The van der Waals surface area contributed by atoms with E-state index in [9.17, 15) is 14.9 Å². The van der Waals surface area contributed by atoms with E-state index < -0.39 is 10.9 Å². The van der Waals surface area contributed by atoms with Crippen molar-refractivity contribution in [2.75, 3.05) is 6.61 Å². The molecule has 2 aromatic carbocycles. The fraction of sp³-hybridized carbons (Fsp3) is 0.150. The summed E-state index contributed by atoms with van der Waals surface area (Å²) in [5.74, 6) is 0.214. The standard InChI is InChI=1S/C20H19NO5/c1-3-8-18(20(22)25-4-2)19(15-9-6-5-7-10-15)26-17-13-11-16(12-14-17)21(23)24/h3,5-7,9-14H,1,4,8H2,2H3/b19-18+. The predicted octanol–water partition coefficient (Wildman–Crippen LogP) is 4.52. The van der Waals surface area contributed by atoms with Gasteiger partial charge < -0.3 is 9.47 Å². The van der Waals surface area contributed by atoms with Gasteiger partial charge in [0.1, 0.15) is 11.5 Å². The average Bonchev–Trinajstić information content (AvgIpc) is 2.66. The molecule has 26 heavy (non-hydrogen) atoms. The van der Waals surface area contributed by atoms with Gasteiger partial charge in [0.15, 0.2) is 0 Å². The van der Waals surface area contributed by atoms with Gasteiger partial charge in [0.2, 0.25) is 0 Å². The van der Waals surface area contributed by atoms with E-state index in [1.54, 1.807) is 13.0 Å². The lowest BCUT2D eigenvalue weighted by molar-refractivity contribution is -0.384. The molecule has 0 bridgehead atoms. The van der Waals surface area contributed by atoms with Crippen LogP contribution in [0.15, 0.2) is 72.8 Å². The first-order valence-corrected chi connectivity index (χ1v) is 8.05. The van der Waals surface area contributed by atoms with Crippen LogP contribution in [-0.4, -0.2) is 17.5 Å². The number of esters is 1. The zero-order valence-electron chi connectivity index (χ0n) is 14.4. The number of allylic oxidation sites excluding steroid dienone is 1. The van der Waals surface area contributed by atoms with Crippen LogP contribution in [0.5, 0.6) is 5.75 Å². The molecule has 0 aliphatic rings. The van der Waals surface area contributed by atoms with E-state index in [1.165, 1.54) is 24.3 Å². The highest BCUT2D eigenvalue weighted by Crippen LogP contribution is 2.28. The van der Waals surface area contributed by atoms with Gasteiger partial charge in [-0.1, -0.05) is 36.4 Å². The summed E-state index contributed by atoms with van der Waals surface area (Å²) < 4.78 is 11.1. The Morgan fingerprint density at radius 1 is 1.15 bits per heavy atom. The number of hydrogen-bond donors (Lipinski definition) is 0. The number of ether oxygens (including phenoxy) is 2. The Labute approximate surface area is 151 Å². The summed E-state index contributed by atoms with van der Waals surface area (Å²) in [4.78, 5) is 22.7. The van der Waals surface area contributed by atoms with Crippen molar-refractivity contribution < 1.29 is 19.2 Å². The lowest BCUT2D eigenvalue weighted by atomic mass is 10.1. The van der Waals surface area contributed by atoms with Gasteiger partial charge in [0.05, 0.1) is 17.1 Å². The molecule has 134 valence electrons. The minimum Gasteiger partial charge on any atom is -0.463 e. The largest absolute Gasteiger partial charge is 0.463 e. The van der Waals surface area contributed by atoms with Gasteiger partial charge in [-0.3, -0.25) is 10.1 Å². The van der Waals surface area contributed by atoms with Crippen molar-refractivity contribution in [2.24, 2.45) is 0 Å². The Morgan fingerprint density at radius 2 is 1.81 bits per heavy atom. The molecule has 0 atom stereocenters. The van der Waals surface area contributed by atoms with Gasteiger partial charge in [-0.25, -0.2) is 4.79 Å². The third kappa shape index (κ3) is 4.80. The van der Waals surface area contributed by atoms with Crippen LogP contribution in [-0.2, 0) is 9.53 Å². The van der Waals surface area contributed by atoms with Crippen LogP contribution >= 0.6 is 0 Å². The van der Waals surface area contributed by atoms with Crippen LogP contribution in [0.1, 0.15) is 18.9 Å². The SMILES string of the molecule is C=CC/C(C(=O)OCC)=C(\Oc1ccc([N+](=O)[O-])cc1)c1ccccc1. The summed E-state index contributed by atoms with van der Waals surface area (Å²) >= 11 is 0. The van der Waals surface area contributed by atoms with Crippen LogP contribution in [0.3, 0.4) is 0 Å². The second-order valence-corrected chi connectivity index (χ2v) is 5.24. The molecule has 0 amide bonds. The Hall–Kier alpha value is -3.41. The summed E-state index contributed by atoms with van der Waals surface area (Å²) in [5, 5.41) is 10.8. The number of nitro benzene ring substituents is 1. The summed E-state index contributed by atoms with van der Waals surface area (Å²) in [6, 6.07) is 14.8. The molecule has 2 rings (SSSR count). The Balaban J connectivity index is 2.49. The van der Waals surface area contributed by atoms with Gasteiger partial charge in [-0.2, -0.15) is 0 Å². The number of carbonyl (C=O) groups is 1. The van der Waals surface area contributed by atoms with E-state index in [0.29, 0.717) is 22.6 Å². The lowest BCUT2D eigenvalue weighted by Gasteiger charge is -2.15. The fourth-order valence-electron chi connectivity index (χ4n) is 2.27. The normalized spacial score (nSPS) is 11.3. The molecule has 0 spiro atoms. The zero-order valence-corrected chi connectivity index (χ0v) is 14.4. The van der Waals surface area contributed by atoms with Crippen LogP contribution in [0.4, 0.5) is 5.69 Å². The zero-order chi connectivity index (χ0) is 18.9. The van der Waals surface area contributed by atoms with Crippen LogP contribution in [0, 0.1) is 10.1 Å². The number of non-ortho nitro benzene ring substituents is 1. The molecule has 0 heterocycles. The van der Waals surface area contributed by atoms with Crippen LogP contribution in [0.2, 0.25) is 0 Å². The van der Waals surface area contributed by atoms with E-state index in [2.05, 4.69) is 6.58 Å². The summed E-state index contributed by atoms with van der Waals surface area (Å²) in [6.07, 6.45) is 1.85. The van der Waals surface area contributed by atoms with Gasteiger partial charge in [0.25, 0.3) is 5.69 Å². The van der Waals surface area contributed by atoms with E-state index in [0.717, 1.165) is 0 Å². The van der Waals surface area contributed by atoms with Crippen molar-refractivity contribution in [3.63, 3.8) is 0 Å². The number of rotatable bonds is 8. The molecule has 0 unspecified atom stereocenters. The van der Waals surface area contributed by atoms with Gasteiger partial charge in [-0.15, -0.1) is 6.58 Å². The number of hydrogen-bond acceptors (Lipinski definition) is 5. The van der Waals surface area contributed by atoms with E-state index in [-0.39, 0.29) is 18.7 Å². The minimum absolute atomic E-state index is 0.0423. The van der Waals surface area contributed by atoms with Crippen molar-refractivity contribution in [3.8, 4) is 5.75 Å². The molecule has 2 aromatic rings. The summed E-state index contributed by atoms with van der Waals surface area (Å²) in [5.41, 5.74) is 0.974. The van der Waals surface area contributed by atoms with Gasteiger partial charge >= 0.3 is 5.97 Å². The first kappa shape index (κ1) is 18.9. The first-order chi connectivity index (χ1) is 12.6. The quantitative estimate of drug-likeness (QED) is 0.174. The average molecular weight is 353 g/mol. The monoisotopic (exact) mass is 353 g/mol. The van der Waals surface area contributed by atoms with E-state index >= 15 is 0 Å². The number of benzene rings is 2. The molecule has 0 saturated carbocycles. The van der Waals surface area contributed by atoms with Crippen molar-refractivity contribution in [1.29, 1.82) is 0 Å². The molecule has 6 heteroatoms. The van der Waals surface area contributed by atoms with Crippen LogP contribution in [0.25, 0.3) is 5.76 Å². The van der Waals surface area contributed by atoms with Gasteiger partial charge in [-0.05, 0) is 19.1 Å². The molecule has 0 N–H and O–H groups in total. The molecule has 0 aliphatic heterocycles. The molecule has 0 fully saturated rings. The van der Waals surface area contributed by atoms with E-state index in [4.69, 9.17) is 9.47 Å². The highest BCUT2D eigenvalue weighted by molar-refractivity contribution is 5.96. The molecule has 0 aliphatic carbocycles. The Morgan fingerprint density at radius 3 is 2.35 bits per heavy atom. The van der Waals surface area contributed by atoms with Crippen molar-refractivity contribution in [1.82, 2.24) is 0 Å². The number of nitro groups is 1. The molecule has 0 saturated heterocycles. The molecular weight excluding hydrogens is 334 g/mol. The molecule has 0 aromatic heterocycles. The van der Waals surface area contributed by atoms with Crippen molar-refractivity contribution >= 4 is 17.4 Å². The molecule has 6 nitrogen and oxygen atoms in total. The maximum atomic E-state index is 12.4. The highest BCUT2D eigenvalue weighted by Gasteiger charge is 2.19. The Bertz CT molecular complexity index is 810. The molecule has 0 radical (unpaired) electrons. The smallest absolute Gasteiger partial charge is 0.338 e. The van der Waals surface area contributed by atoms with Crippen molar-refractivity contribution in [3.05, 3.63) is 88.5 Å². The summed E-state index contributed by atoms with van der Waals surface area (Å²) in [6.45, 7) is 5.64. The third-order valence-electron chi connectivity index (χ3n) is 3.45. The third-order valence-corrected chi connectivity index (χ3v) is 3.45. The number of nitrogens with zero attached hydrogens (tertiary/aromatic N) is 1. The second kappa shape index (κ2) is 9.17. The van der Waals surface area contributed by atoms with Crippen LogP contribution < -0.4 is 4.74 Å². The van der Waals surface area contributed by atoms with E-state index in [1.807, 2.05) is 30.3 Å². The Kier molecular flexibility index (Phi) is 6.68. The fourth-order valence-corrected chi connectivity index (χ4v) is 2.27.